The highest BCUT2D eigenvalue weighted by molar-refractivity contribution is 6.00. The lowest BCUT2D eigenvalue weighted by atomic mass is 10.0. The number of ether oxygens (including phenoxy) is 3. The highest BCUT2D eigenvalue weighted by atomic mass is 19.4. The van der Waals surface area contributed by atoms with Crippen molar-refractivity contribution in [1.82, 2.24) is 15.2 Å². The summed E-state index contributed by atoms with van der Waals surface area (Å²) in [4.78, 5) is 34.3. The molecule has 14 heteroatoms. The van der Waals surface area contributed by atoms with Crippen molar-refractivity contribution in [3.63, 3.8) is 0 Å². The molecule has 0 spiro atoms. The number of aromatic nitrogens is 1. The van der Waals surface area contributed by atoms with Crippen LogP contribution in [-0.2, 0) is 11.0 Å². The Morgan fingerprint density at radius 3 is 2.22 bits per heavy atom. The molecule has 0 radical (unpaired) electrons. The van der Waals surface area contributed by atoms with Crippen LogP contribution in [0.15, 0.2) is 66.9 Å². The Morgan fingerprint density at radius 2 is 1.57 bits per heavy atom. The lowest BCUT2D eigenvalue weighted by Crippen LogP contribution is -2.48. The third-order valence-corrected chi connectivity index (χ3v) is 9.33. The van der Waals surface area contributed by atoms with Gasteiger partial charge in [0, 0.05) is 72.4 Å². The second kappa shape index (κ2) is 18.2. The number of hydrogen-bond acceptors (Lipinski definition) is 8. The van der Waals surface area contributed by atoms with Crippen LogP contribution in [0.1, 0.15) is 52.0 Å². The fraction of sp³-hybridized carbons (Fsp3) is 0.425. The molecule has 1 aromatic heterocycles. The van der Waals surface area contributed by atoms with Crippen molar-refractivity contribution in [2.45, 2.75) is 58.7 Å². The molecule has 5 rings (SSSR count). The molecule has 2 heterocycles. The number of halogens is 3. The number of fused-ring (bicyclic) bond motifs is 1. The summed E-state index contributed by atoms with van der Waals surface area (Å²) in [7, 11) is 3.07. The van der Waals surface area contributed by atoms with Gasteiger partial charge in [0.1, 0.15) is 11.5 Å². The summed E-state index contributed by atoms with van der Waals surface area (Å²) in [6.07, 6.45) is 0.0115. The van der Waals surface area contributed by atoms with Crippen molar-refractivity contribution in [2.24, 2.45) is 5.92 Å². The fourth-order valence-electron chi connectivity index (χ4n) is 6.72. The van der Waals surface area contributed by atoms with Gasteiger partial charge in [0.15, 0.2) is 11.5 Å². The summed E-state index contributed by atoms with van der Waals surface area (Å²) in [5.74, 6) is 1.71. The Bertz CT molecular complexity index is 1890. The number of amides is 3. The number of carbonyl (C=O) groups is 2. The zero-order chi connectivity index (χ0) is 38.8. The molecule has 4 aromatic rings. The standard InChI is InChI=1S/C40H49F3N6O5/c1-6-17-48(18-7-2)25-26(3)38(50)45-27-14-19-49(20-15-27)34-12-11-29(22-32(34)40(41,42)43)47-39(51)46-28-9-8-10-30(21-28)54-35-13-16-44-33-24-37(53-5)36(52-4)23-31(33)35/h8-13,16,21-24,26-27H,6-7,14-15,17-20,25H2,1-5H3,(H,45,50)(H2,46,47,51)/t26-/m1/s1. The van der Waals surface area contributed by atoms with Gasteiger partial charge in [0.05, 0.1) is 25.3 Å². The average Bonchev–Trinajstić information content (AvgIpc) is 3.14. The van der Waals surface area contributed by atoms with Gasteiger partial charge in [0.2, 0.25) is 5.91 Å². The van der Waals surface area contributed by atoms with E-state index in [1.807, 2.05) is 6.92 Å². The van der Waals surface area contributed by atoms with E-state index in [1.54, 1.807) is 53.6 Å². The fourth-order valence-corrected chi connectivity index (χ4v) is 6.72. The quantitative estimate of drug-likeness (QED) is 0.111. The van der Waals surface area contributed by atoms with Gasteiger partial charge >= 0.3 is 12.2 Å². The zero-order valence-corrected chi connectivity index (χ0v) is 31.4. The molecule has 54 heavy (non-hydrogen) atoms. The van der Waals surface area contributed by atoms with Crippen molar-refractivity contribution in [3.05, 3.63) is 72.4 Å². The molecule has 0 aliphatic carbocycles. The van der Waals surface area contributed by atoms with Crippen LogP contribution in [0, 0.1) is 5.92 Å². The number of methoxy groups -OCH3 is 2. The van der Waals surface area contributed by atoms with Crippen molar-refractivity contribution in [3.8, 4) is 23.0 Å². The number of alkyl halides is 3. The molecule has 3 aromatic carbocycles. The third kappa shape index (κ3) is 10.2. The normalized spacial score (nSPS) is 14.1. The van der Waals surface area contributed by atoms with Crippen LogP contribution in [0.5, 0.6) is 23.0 Å². The van der Waals surface area contributed by atoms with Crippen LogP contribution < -0.4 is 35.1 Å². The number of benzene rings is 3. The minimum Gasteiger partial charge on any atom is -0.493 e. The lowest BCUT2D eigenvalue weighted by Gasteiger charge is -2.36. The molecule has 290 valence electrons. The monoisotopic (exact) mass is 750 g/mol. The van der Waals surface area contributed by atoms with E-state index in [9.17, 15) is 22.8 Å². The number of pyridine rings is 1. The topological polar surface area (TPSA) is 117 Å². The van der Waals surface area contributed by atoms with Crippen molar-refractivity contribution < 1.29 is 37.0 Å². The molecule has 3 amide bonds. The van der Waals surface area contributed by atoms with Gasteiger partial charge in [0.25, 0.3) is 0 Å². The van der Waals surface area contributed by atoms with Crippen LogP contribution in [-0.4, -0.2) is 74.8 Å². The highest BCUT2D eigenvalue weighted by Gasteiger charge is 2.36. The second-order valence-electron chi connectivity index (χ2n) is 13.4. The Kier molecular flexibility index (Phi) is 13.5. The number of piperidine rings is 1. The van der Waals surface area contributed by atoms with Gasteiger partial charge in [-0.1, -0.05) is 26.8 Å². The highest BCUT2D eigenvalue weighted by Crippen LogP contribution is 2.40. The Hall–Kier alpha value is -5.24. The molecule has 11 nitrogen and oxygen atoms in total. The van der Waals surface area contributed by atoms with E-state index in [-0.39, 0.29) is 29.2 Å². The largest absolute Gasteiger partial charge is 0.493 e. The van der Waals surface area contributed by atoms with Crippen molar-refractivity contribution in [1.29, 1.82) is 0 Å². The lowest BCUT2D eigenvalue weighted by molar-refractivity contribution is -0.137. The summed E-state index contributed by atoms with van der Waals surface area (Å²) in [5.41, 5.74) is 0.153. The van der Waals surface area contributed by atoms with E-state index in [4.69, 9.17) is 14.2 Å². The second-order valence-corrected chi connectivity index (χ2v) is 13.4. The number of nitrogens with zero attached hydrogens (tertiary/aromatic N) is 3. The minimum absolute atomic E-state index is 0.0139. The van der Waals surface area contributed by atoms with E-state index in [1.165, 1.54) is 26.4 Å². The molecule has 1 saturated heterocycles. The maximum Gasteiger partial charge on any atom is 0.418 e. The molecule has 1 aliphatic rings. The van der Waals surface area contributed by atoms with E-state index >= 15 is 0 Å². The molecule has 3 N–H and O–H groups in total. The average molecular weight is 751 g/mol. The molecular weight excluding hydrogens is 701 g/mol. The molecule has 0 bridgehead atoms. The van der Waals surface area contributed by atoms with E-state index < -0.39 is 17.8 Å². The Morgan fingerprint density at radius 1 is 0.907 bits per heavy atom. The first-order chi connectivity index (χ1) is 25.9. The number of hydrogen-bond donors (Lipinski definition) is 3. The van der Waals surface area contributed by atoms with Gasteiger partial charge in [-0.15, -0.1) is 0 Å². The molecule has 0 saturated carbocycles. The molecule has 0 unspecified atom stereocenters. The third-order valence-electron chi connectivity index (χ3n) is 9.33. The minimum atomic E-state index is -4.66. The summed E-state index contributed by atoms with van der Waals surface area (Å²) in [5, 5.41) is 8.98. The maximum atomic E-state index is 14.4. The van der Waals surface area contributed by atoms with Gasteiger partial charge < -0.3 is 40.0 Å². The summed E-state index contributed by atoms with van der Waals surface area (Å²) in [6.45, 7) is 9.41. The van der Waals surface area contributed by atoms with Gasteiger partial charge in [-0.2, -0.15) is 13.2 Å². The van der Waals surface area contributed by atoms with E-state index in [0.29, 0.717) is 72.1 Å². The molecule has 1 fully saturated rings. The first-order valence-electron chi connectivity index (χ1n) is 18.3. The number of nitrogens with one attached hydrogen (secondary N) is 3. The van der Waals surface area contributed by atoms with Crippen molar-refractivity contribution in [2.75, 3.05) is 62.5 Å². The van der Waals surface area contributed by atoms with Crippen LogP contribution >= 0.6 is 0 Å². The van der Waals surface area contributed by atoms with Crippen LogP contribution in [0.2, 0.25) is 0 Å². The number of urea groups is 1. The SMILES string of the molecule is CCCN(CCC)C[C@@H](C)C(=O)NC1CCN(c2ccc(NC(=O)Nc3cccc(Oc4ccnc5cc(OC)c(OC)cc45)c3)cc2C(F)(F)F)CC1. The summed E-state index contributed by atoms with van der Waals surface area (Å²) >= 11 is 0. The zero-order valence-electron chi connectivity index (χ0n) is 31.4. The van der Waals surface area contributed by atoms with Crippen LogP contribution in [0.25, 0.3) is 10.9 Å². The van der Waals surface area contributed by atoms with E-state index in [2.05, 4.69) is 39.7 Å². The number of rotatable bonds is 15. The van der Waals surface area contributed by atoms with Gasteiger partial charge in [-0.25, -0.2) is 4.79 Å². The molecule has 1 atom stereocenters. The van der Waals surface area contributed by atoms with Gasteiger partial charge in [-0.3, -0.25) is 9.78 Å². The van der Waals surface area contributed by atoms with Crippen LogP contribution in [0.4, 0.5) is 35.0 Å². The number of carbonyl (C=O) groups excluding carboxylic acids is 2. The first kappa shape index (κ1) is 40.0. The predicted octanol–water partition coefficient (Wildman–Crippen LogP) is 8.55. The first-order valence-corrected chi connectivity index (χ1v) is 18.3. The van der Waals surface area contributed by atoms with Gasteiger partial charge in [-0.05, 0) is 81.2 Å². The van der Waals surface area contributed by atoms with Crippen LogP contribution in [0.3, 0.4) is 0 Å². The summed E-state index contributed by atoms with van der Waals surface area (Å²) in [6, 6.07) is 14.7. The molecule has 1 aliphatic heterocycles. The van der Waals surface area contributed by atoms with E-state index in [0.717, 1.165) is 32.0 Å². The Balaban J connectivity index is 1.20. The molecular formula is C40H49F3N6O5. The maximum absolute atomic E-state index is 14.4. The predicted molar refractivity (Wildman–Crippen MR) is 205 cm³/mol. The van der Waals surface area contributed by atoms with Crippen molar-refractivity contribution >= 4 is 39.9 Å². The number of anilines is 3. The summed E-state index contributed by atoms with van der Waals surface area (Å²) < 4.78 is 60.0. The Labute approximate surface area is 314 Å². The smallest absolute Gasteiger partial charge is 0.418 e.